The molecule has 0 saturated heterocycles. The van der Waals surface area contributed by atoms with Crippen LogP contribution in [0.1, 0.15) is 44.9 Å². The summed E-state index contributed by atoms with van der Waals surface area (Å²) in [6.45, 7) is 0.519. The number of thioether (sulfide) groups is 1. The Kier molecular flexibility index (Phi) is 17.5. The Bertz CT molecular complexity index is 794. The van der Waals surface area contributed by atoms with E-state index in [0.717, 1.165) is 0 Å². The molecule has 0 aliphatic carbocycles. The van der Waals surface area contributed by atoms with Gasteiger partial charge in [-0.25, -0.2) is 4.79 Å². The number of aliphatic imine (C=N–C) groups is 1. The van der Waals surface area contributed by atoms with Gasteiger partial charge in [-0.15, -0.1) is 0 Å². The van der Waals surface area contributed by atoms with Crippen LogP contribution in [0.2, 0.25) is 0 Å². The summed E-state index contributed by atoms with van der Waals surface area (Å²) in [6.07, 6.45) is 3.13. The van der Waals surface area contributed by atoms with Crippen molar-refractivity contribution in [1.82, 2.24) is 16.0 Å². The summed E-state index contributed by atoms with van der Waals surface area (Å²) in [5.41, 5.74) is 27.1. The molecular weight excluding hydrogens is 506 g/mol. The van der Waals surface area contributed by atoms with Crippen molar-refractivity contribution in [2.75, 3.05) is 25.1 Å². The molecule has 15 nitrogen and oxygen atoms in total. The van der Waals surface area contributed by atoms with E-state index in [9.17, 15) is 29.1 Å². The van der Waals surface area contributed by atoms with E-state index in [2.05, 4.69) is 20.9 Å². The van der Waals surface area contributed by atoms with Crippen LogP contribution in [0.5, 0.6) is 0 Å². The predicted molar refractivity (Wildman–Crippen MR) is 141 cm³/mol. The molecule has 0 aliphatic rings. The number of nitrogens with zero attached hydrogens (tertiary/aromatic N) is 1. The fourth-order valence-electron chi connectivity index (χ4n) is 3.13. The van der Waals surface area contributed by atoms with E-state index in [1.54, 1.807) is 0 Å². The number of nitrogens with two attached hydrogens (primary N) is 5. The molecular formula is C21H41N9O6S. The number of hydrogen-bond donors (Lipinski definition) is 9. The molecule has 16 heteroatoms. The Labute approximate surface area is 220 Å². The minimum atomic E-state index is -1.37. The van der Waals surface area contributed by atoms with Gasteiger partial charge in [-0.3, -0.25) is 24.2 Å². The maximum absolute atomic E-state index is 13.0. The van der Waals surface area contributed by atoms with Crippen LogP contribution in [-0.4, -0.2) is 89.9 Å². The van der Waals surface area contributed by atoms with Crippen molar-refractivity contribution in [2.45, 2.75) is 69.1 Å². The highest BCUT2D eigenvalue weighted by Gasteiger charge is 2.30. The van der Waals surface area contributed by atoms with Gasteiger partial charge in [0, 0.05) is 6.54 Å². The molecule has 0 aromatic carbocycles. The quantitative estimate of drug-likeness (QED) is 0.0412. The lowest BCUT2D eigenvalue weighted by molar-refractivity contribution is -0.142. The third-order valence-electron chi connectivity index (χ3n) is 5.15. The Balaban J connectivity index is 5.48. The number of nitrogens with one attached hydrogen (secondary N) is 3. The molecule has 37 heavy (non-hydrogen) atoms. The number of carboxylic acids is 1. The van der Waals surface area contributed by atoms with E-state index in [-0.39, 0.29) is 31.8 Å². The lowest BCUT2D eigenvalue weighted by Crippen LogP contribution is -2.57. The number of primary amides is 1. The summed E-state index contributed by atoms with van der Waals surface area (Å²) in [5, 5.41) is 16.8. The molecule has 0 bridgehead atoms. The molecule has 4 atom stereocenters. The first kappa shape index (κ1) is 33.9. The van der Waals surface area contributed by atoms with Gasteiger partial charge in [0.1, 0.15) is 18.1 Å². The minimum Gasteiger partial charge on any atom is -0.480 e. The summed E-state index contributed by atoms with van der Waals surface area (Å²) < 4.78 is 0. The molecule has 4 unspecified atom stereocenters. The number of carbonyl (C=O) groups excluding carboxylic acids is 4. The maximum Gasteiger partial charge on any atom is 0.326 e. The van der Waals surface area contributed by atoms with Gasteiger partial charge in [-0.2, -0.15) is 11.8 Å². The van der Waals surface area contributed by atoms with Crippen molar-refractivity contribution in [3.63, 3.8) is 0 Å². The highest BCUT2D eigenvalue weighted by Crippen LogP contribution is 2.06. The smallest absolute Gasteiger partial charge is 0.326 e. The minimum absolute atomic E-state index is 0.0373. The zero-order valence-electron chi connectivity index (χ0n) is 21.1. The Morgan fingerprint density at radius 2 is 1.41 bits per heavy atom. The van der Waals surface area contributed by atoms with Crippen molar-refractivity contribution < 1.29 is 29.1 Å². The van der Waals surface area contributed by atoms with Gasteiger partial charge in [0.25, 0.3) is 0 Å². The zero-order valence-corrected chi connectivity index (χ0v) is 21.9. The lowest BCUT2D eigenvalue weighted by Gasteiger charge is -2.25. The third-order valence-corrected chi connectivity index (χ3v) is 5.79. The van der Waals surface area contributed by atoms with E-state index in [4.69, 9.17) is 28.7 Å². The second-order valence-corrected chi connectivity index (χ2v) is 9.30. The average molecular weight is 548 g/mol. The van der Waals surface area contributed by atoms with Crippen molar-refractivity contribution in [3.05, 3.63) is 0 Å². The Hall–Kier alpha value is -3.11. The second kappa shape index (κ2) is 19.1. The van der Waals surface area contributed by atoms with Gasteiger partial charge in [0.05, 0.1) is 12.5 Å². The van der Waals surface area contributed by atoms with Crippen LogP contribution in [0.3, 0.4) is 0 Å². The largest absolute Gasteiger partial charge is 0.480 e. The zero-order chi connectivity index (χ0) is 28.4. The van der Waals surface area contributed by atoms with E-state index >= 15 is 0 Å². The van der Waals surface area contributed by atoms with E-state index in [1.807, 2.05) is 6.26 Å². The molecule has 0 spiro atoms. The molecule has 0 aromatic rings. The standard InChI is InChI=1S/C21H41N9O6S/c1-37-10-7-12(23)17(32)30-15(11-16(24)31)19(34)28-13(5-2-3-8-22)18(33)29-14(20(35)36)6-4-9-27-21(25)26/h12-15H,2-11,22-23H2,1H3,(H2,24,31)(H,28,34)(H,29,33)(H,30,32)(H,35,36)(H4,25,26,27). The van der Waals surface area contributed by atoms with Gasteiger partial charge in [-0.1, -0.05) is 0 Å². The van der Waals surface area contributed by atoms with Crippen LogP contribution in [0, 0.1) is 0 Å². The van der Waals surface area contributed by atoms with Crippen LogP contribution in [0.4, 0.5) is 0 Å². The molecule has 14 N–H and O–H groups in total. The molecule has 0 radical (unpaired) electrons. The monoisotopic (exact) mass is 547 g/mol. The van der Waals surface area contributed by atoms with Gasteiger partial charge in [-0.05, 0) is 57.1 Å². The van der Waals surface area contributed by atoms with Gasteiger partial charge in [0.15, 0.2) is 5.96 Å². The molecule has 0 heterocycles. The Morgan fingerprint density at radius 3 is 1.95 bits per heavy atom. The summed E-state index contributed by atoms with van der Waals surface area (Å²) >= 11 is 1.49. The summed E-state index contributed by atoms with van der Waals surface area (Å²) in [7, 11) is 0. The number of guanidine groups is 1. The average Bonchev–Trinajstić information content (AvgIpc) is 2.82. The van der Waals surface area contributed by atoms with Crippen molar-refractivity contribution in [3.8, 4) is 0 Å². The first-order valence-corrected chi connectivity index (χ1v) is 13.2. The summed E-state index contributed by atoms with van der Waals surface area (Å²) in [4.78, 5) is 65.2. The lowest BCUT2D eigenvalue weighted by atomic mass is 10.1. The van der Waals surface area contributed by atoms with Crippen LogP contribution in [0.15, 0.2) is 4.99 Å². The topological polar surface area (TPSA) is 284 Å². The number of carboxylic acid groups (broad SMARTS) is 1. The summed E-state index contributed by atoms with van der Waals surface area (Å²) in [5.74, 6) is -3.89. The van der Waals surface area contributed by atoms with E-state index in [0.29, 0.717) is 31.6 Å². The fraction of sp³-hybridized carbons (Fsp3) is 0.714. The first-order chi connectivity index (χ1) is 17.4. The molecule has 0 rings (SSSR count). The Morgan fingerprint density at radius 1 is 0.838 bits per heavy atom. The highest BCUT2D eigenvalue weighted by atomic mass is 32.2. The fourth-order valence-corrected chi connectivity index (χ4v) is 3.62. The van der Waals surface area contributed by atoms with Crippen molar-refractivity contribution in [1.29, 1.82) is 0 Å². The number of carbonyl (C=O) groups is 5. The van der Waals surface area contributed by atoms with Crippen LogP contribution in [-0.2, 0) is 24.0 Å². The molecule has 0 aliphatic heterocycles. The molecule has 0 fully saturated rings. The molecule has 0 saturated carbocycles. The van der Waals surface area contributed by atoms with Gasteiger partial charge >= 0.3 is 5.97 Å². The van der Waals surface area contributed by atoms with Crippen molar-refractivity contribution >= 4 is 47.3 Å². The SMILES string of the molecule is CSCCC(N)C(=O)NC(CC(N)=O)C(=O)NC(CCCCN)C(=O)NC(CCCN=C(N)N)C(=O)O. The second-order valence-electron chi connectivity index (χ2n) is 8.31. The number of unbranched alkanes of at least 4 members (excludes halogenated alkanes) is 1. The highest BCUT2D eigenvalue weighted by molar-refractivity contribution is 7.98. The number of rotatable bonds is 20. The van der Waals surface area contributed by atoms with E-state index < -0.39 is 60.2 Å². The van der Waals surface area contributed by atoms with Crippen molar-refractivity contribution in [2.24, 2.45) is 33.7 Å². The van der Waals surface area contributed by atoms with E-state index in [1.165, 1.54) is 11.8 Å². The summed E-state index contributed by atoms with van der Waals surface area (Å²) in [6, 6.07) is -4.69. The van der Waals surface area contributed by atoms with Gasteiger partial charge < -0.3 is 49.7 Å². The van der Waals surface area contributed by atoms with Crippen LogP contribution >= 0.6 is 11.8 Å². The predicted octanol–water partition coefficient (Wildman–Crippen LogP) is -3.34. The maximum atomic E-state index is 13.0. The van der Waals surface area contributed by atoms with Gasteiger partial charge in [0.2, 0.25) is 23.6 Å². The number of hydrogen-bond acceptors (Lipinski definition) is 9. The number of aliphatic carboxylic acids is 1. The molecule has 0 aromatic heterocycles. The molecule has 4 amide bonds. The molecule has 212 valence electrons. The normalized spacial score (nSPS) is 13.9. The first-order valence-electron chi connectivity index (χ1n) is 11.8. The third kappa shape index (κ3) is 15.6. The van der Waals surface area contributed by atoms with Crippen LogP contribution in [0.25, 0.3) is 0 Å². The van der Waals surface area contributed by atoms with Crippen LogP contribution < -0.4 is 44.6 Å². The number of amides is 4.